The van der Waals surface area contributed by atoms with Crippen molar-refractivity contribution in [2.75, 3.05) is 12.3 Å². The summed E-state index contributed by atoms with van der Waals surface area (Å²) in [4.78, 5) is 23.3. The smallest absolute Gasteiger partial charge is 0.252 e. The molecule has 1 unspecified atom stereocenters. The minimum absolute atomic E-state index is 0.117. The van der Waals surface area contributed by atoms with Gasteiger partial charge in [-0.25, -0.2) is 4.39 Å². The zero-order chi connectivity index (χ0) is 13.1. The van der Waals surface area contributed by atoms with Crippen molar-refractivity contribution in [3.8, 4) is 0 Å². The lowest BCUT2D eigenvalue weighted by molar-refractivity contribution is -0.124. The fourth-order valence-electron chi connectivity index (χ4n) is 1.89. The Hall–Kier alpha value is -2.11. The van der Waals surface area contributed by atoms with Crippen LogP contribution in [0.2, 0.25) is 0 Å². The molecular weight excluding hydrogens is 237 g/mol. The summed E-state index contributed by atoms with van der Waals surface area (Å²) in [5.74, 6) is -1.28. The number of halogens is 1. The molecule has 1 aliphatic heterocycles. The monoisotopic (exact) mass is 251 g/mol. The molecule has 1 atom stereocenters. The first-order chi connectivity index (χ1) is 8.56. The Kier molecular flexibility index (Phi) is 3.45. The number of hydrogen-bond acceptors (Lipinski definition) is 3. The van der Waals surface area contributed by atoms with Gasteiger partial charge < -0.3 is 16.4 Å². The lowest BCUT2D eigenvalue weighted by Gasteiger charge is -2.22. The van der Waals surface area contributed by atoms with Crippen molar-refractivity contribution in [2.45, 2.75) is 18.9 Å². The van der Waals surface area contributed by atoms with E-state index in [4.69, 9.17) is 5.73 Å². The average Bonchev–Trinajstić information content (AvgIpc) is 2.31. The quantitative estimate of drug-likeness (QED) is 0.666. The minimum atomic E-state index is -0.576. The van der Waals surface area contributed by atoms with Gasteiger partial charge in [0.1, 0.15) is 11.9 Å². The Labute approximate surface area is 104 Å². The van der Waals surface area contributed by atoms with Crippen molar-refractivity contribution in [1.29, 1.82) is 0 Å². The molecule has 4 N–H and O–H groups in total. The molecule has 0 saturated carbocycles. The number of piperidine rings is 1. The first-order valence-corrected chi connectivity index (χ1v) is 5.71. The number of carbonyl (C=O) groups is 2. The van der Waals surface area contributed by atoms with E-state index in [0.29, 0.717) is 13.0 Å². The second-order valence-electron chi connectivity index (χ2n) is 4.23. The van der Waals surface area contributed by atoms with Crippen LogP contribution in [0.15, 0.2) is 18.2 Å². The summed E-state index contributed by atoms with van der Waals surface area (Å²) < 4.78 is 13.1. The van der Waals surface area contributed by atoms with Gasteiger partial charge in [-0.3, -0.25) is 9.59 Å². The number of benzene rings is 1. The van der Waals surface area contributed by atoms with E-state index in [1.54, 1.807) is 0 Å². The number of rotatable bonds is 2. The van der Waals surface area contributed by atoms with Gasteiger partial charge in [0.05, 0.1) is 0 Å². The van der Waals surface area contributed by atoms with Crippen LogP contribution in [-0.4, -0.2) is 24.4 Å². The predicted molar refractivity (Wildman–Crippen MR) is 64.3 cm³/mol. The van der Waals surface area contributed by atoms with Crippen LogP contribution in [0.1, 0.15) is 23.2 Å². The third-order valence-electron chi connectivity index (χ3n) is 2.77. The summed E-state index contributed by atoms with van der Waals surface area (Å²) in [5.41, 5.74) is 5.75. The van der Waals surface area contributed by atoms with Gasteiger partial charge in [0.15, 0.2) is 0 Å². The molecule has 1 aromatic rings. The third kappa shape index (κ3) is 2.77. The lowest BCUT2D eigenvalue weighted by Crippen LogP contribution is -2.50. The molecule has 0 spiro atoms. The van der Waals surface area contributed by atoms with E-state index in [1.807, 2.05) is 0 Å². The van der Waals surface area contributed by atoms with E-state index in [2.05, 4.69) is 10.6 Å². The molecule has 5 nitrogen and oxygen atoms in total. The Bertz CT molecular complexity index is 470. The Morgan fingerprint density at radius 3 is 2.89 bits per heavy atom. The Morgan fingerprint density at radius 2 is 2.22 bits per heavy atom. The molecule has 2 rings (SSSR count). The predicted octanol–water partition coefficient (Wildman–Crippen LogP) is 0.416. The lowest BCUT2D eigenvalue weighted by atomic mass is 10.1. The van der Waals surface area contributed by atoms with Crippen LogP contribution in [0.25, 0.3) is 0 Å². The van der Waals surface area contributed by atoms with E-state index in [0.717, 1.165) is 18.6 Å². The van der Waals surface area contributed by atoms with Crippen molar-refractivity contribution >= 4 is 17.5 Å². The Morgan fingerprint density at radius 1 is 1.44 bits per heavy atom. The van der Waals surface area contributed by atoms with E-state index in [1.165, 1.54) is 6.07 Å². The Balaban J connectivity index is 2.09. The highest BCUT2D eigenvalue weighted by Gasteiger charge is 2.24. The van der Waals surface area contributed by atoms with Crippen LogP contribution in [-0.2, 0) is 4.79 Å². The minimum Gasteiger partial charge on any atom is -0.399 e. The first-order valence-electron chi connectivity index (χ1n) is 5.71. The van der Waals surface area contributed by atoms with Gasteiger partial charge in [0.25, 0.3) is 5.91 Å². The van der Waals surface area contributed by atoms with E-state index < -0.39 is 17.8 Å². The molecule has 1 aliphatic rings. The summed E-state index contributed by atoms with van der Waals surface area (Å²) >= 11 is 0. The van der Waals surface area contributed by atoms with E-state index >= 15 is 0 Å². The van der Waals surface area contributed by atoms with Crippen molar-refractivity contribution < 1.29 is 14.0 Å². The molecule has 0 bridgehead atoms. The maximum Gasteiger partial charge on any atom is 0.252 e. The normalized spacial score (nSPS) is 19.2. The van der Waals surface area contributed by atoms with E-state index in [9.17, 15) is 14.0 Å². The molecule has 6 heteroatoms. The fourth-order valence-corrected chi connectivity index (χ4v) is 1.89. The highest BCUT2D eigenvalue weighted by atomic mass is 19.1. The largest absolute Gasteiger partial charge is 0.399 e. The van der Waals surface area contributed by atoms with Gasteiger partial charge in [0.2, 0.25) is 5.91 Å². The van der Waals surface area contributed by atoms with Gasteiger partial charge in [-0.2, -0.15) is 0 Å². The maximum atomic E-state index is 13.1. The van der Waals surface area contributed by atoms with Gasteiger partial charge in [-0.1, -0.05) is 0 Å². The molecule has 1 aromatic carbocycles. The topological polar surface area (TPSA) is 84.2 Å². The van der Waals surface area contributed by atoms with Gasteiger partial charge in [0, 0.05) is 17.8 Å². The maximum absolute atomic E-state index is 13.1. The standard InChI is InChI=1S/C12H14FN3O2/c13-8-4-7(5-9(14)6-8)11(17)16-10-2-1-3-15-12(10)18/h4-6,10H,1-3,14H2,(H,15,18)(H,16,17). The average molecular weight is 251 g/mol. The number of hydrogen-bond donors (Lipinski definition) is 3. The van der Waals surface area contributed by atoms with Crippen LogP contribution < -0.4 is 16.4 Å². The molecule has 96 valence electrons. The molecule has 1 heterocycles. The SMILES string of the molecule is Nc1cc(F)cc(C(=O)NC2CCCNC2=O)c1. The first kappa shape index (κ1) is 12.3. The number of amides is 2. The second kappa shape index (κ2) is 5.03. The summed E-state index contributed by atoms with van der Waals surface area (Å²) in [6, 6.07) is 3.03. The second-order valence-corrected chi connectivity index (χ2v) is 4.23. The molecule has 18 heavy (non-hydrogen) atoms. The van der Waals surface area contributed by atoms with Crippen molar-refractivity contribution in [3.63, 3.8) is 0 Å². The summed E-state index contributed by atoms with van der Waals surface area (Å²) in [5, 5.41) is 5.23. The van der Waals surface area contributed by atoms with Gasteiger partial charge in [-0.05, 0) is 31.0 Å². The number of nitrogens with two attached hydrogens (primary N) is 1. The molecule has 0 radical (unpaired) electrons. The fraction of sp³-hybridized carbons (Fsp3) is 0.333. The van der Waals surface area contributed by atoms with Crippen molar-refractivity contribution in [2.24, 2.45) is 0 Å². The number of nitrogens with one attached hydrogen (secondary N) is 2. The zero-order valence-corrected chi connectivity index (χ0v) is 9.70. The summed E-state index contributed by atoms with van der Waals surface area (Å²) in [6.07, 6.45) is 1.39. The number of anilines is 1. The van der Waals surface area contributed by atoms with Crippen molar-refractivity contribution in [1.82, 2.24) is 10.6 Å². The van der Waals surface area contributed by atoms with Crippen LogP contribution in [0, 0.1) is 5.82 Å². The van der Waals surface area contributed by atoms with Crippen LogP contribution in [0.5, 0.6) is 0 Å². The molecule has 0 aromatic heterocycles. The van der Waals surface area contributed by atoms with Gasteiger partial charge in [-0.15, -0.1) is 0 Å². The van der Waals surface area contributed by atoms with E-state index in [-0.39, 0.29) is 17.2 Å². The molecule has 0 aliphatic carbocycles. The van der Waals surface area contributed by atoms with Crippen LogP contribution in [0.4, 0.5) is 10.1 Å². The zero-order valence-electron chi connectivity index (χ0n) is 9.70. The molecule has 1 fully saturated rings. The molecular formula is C12H14FN3O2. The highest BCUT2D eigenvalue weighted by molar-refractivity contribution is 5.98. The number of nitrogen functional groups attached to an aromatic ring is 1. The molecule has 1 saturated heterocycles. The van der Waals surface area contributed by atoms with Crippen molar-refractivity contribution in [3.05, 3.63) is 29.6 Å². The summed E-state index contributed by atoms with van der Waals surface area (Å²) in [7, 11) is 0. The molecule has 2 amide bonds. The highest BCUT2D eigenvalue weighted by Crippen LogP contribution is 2.12. The van der Waals surface area contributed by atoms with Crippen LogP contribution >= 0.6 is 0 Å². The number of carbonyl (C=O) groups excluding carboxylic acids is 2. The summed E-state index contributed by atoms with van der Waals surface area (Å²) in [6.45, 7) is 0.623. The van der Waals surface area contributed by atoms with Gasteiger partial charge >= 0.3 is 0 Å². The van der Waals surface area contributed by atoms with Crippen LogP contribution in [0.3, 0.4) is 0 Å². The third-order valence-corrected chi connectivity index (χ3v) is 2.77.